The number of esters is 1. The summed E-state index contributed by atoms with van der Waals surface area (Å²) in [7, 11) is 0. The van der Waals surface area contributed by atoms with Crippen molar-refractivity contribution in [3.05, 3.63) is 56.1 Å². The number of aryl methyl sites for hydroxylation is 1. The minimum Gasteiger partial charge on any atom is -0.462 e. The Hall–Kier alpha value is -3.21. The molecule has 0 fully saturated rings. The van der Waals surface area contributed by atoms with Crippen LogP contribution in [0.4, 0.5) is 11.4 Å². The largest absolute Gasteiger partial charge is 0.462 e. The first-order valence-corrected chi connectivity index (χ1v) is 8.76. The molecule has 2 rings (SSSR count). The summed E-state index contributed by atoms with van der Waals surface area (Å²) in [6.07, 6.45) is 0. The molecule has 2 aromatic rings. The molecule has 10 nitrogen and oxygen atoms in total. The third-order valence-corrected chi connectivity index (χ3v) is 4.26. The maximum Gasteiger partial charge on any atom is 0.346 e. The second-order valence-electron chi connectivity index (χ2n) is 5.18. The molecule has 1 aromatic heterocycles. The zero-order chi connectivity index (χ0) is 20.0. The number of thioether (sulfide) groups is 1. The number of hydrogen-bond donors (Lipinski definition) is 2. The standard InChI is InChI=1S/C16H16N4O6S/c1-3-26-15(22)13-9(2)17-16(23)19-14(13)27-8-12(21)18-10-6-4-5-7-11(10)20(24)25/h4-7H,3,8H2,1-2H3,(H,18,21)(H,17,19,23). The first-order chi connectivity index (χ1) is 12.8. The second kappa shape index (κ2) is 8.94. The minimum absolute atomic E-state index is 0.0485. The number of nitrogens with zero attached hydrogens (tertiary/aromatic N) is 2. The zero-order valence-corrected chi connectivity index (χ0v) is 15.3. The molecule has 11 heteroatoms. The monoisotopic (exact) mass is 392 g/mol. The highest BCUT2D eigenvalue weighted by molar-refractivity contribution is 8.00. The number of aromatic amines is 1. The molecule has 0 spiro atoms. The van der Waals surface area contributed by atoms with Crippen molar-refractivity contribution < 1.29 is 19.2 Å². The Kier molecular flexibility index (Phi) is 6.66. The molecule has 0 atom stereocenters. The number of hydrogen-bond acceptors (Lipinski definition) is 8. The fraction of sp³-hybridized carbons (Fsp3) is 0.250. The average Bonchev–Trinajstić information content (AvgIpc) is 2.59. The van der Waals surface area contributed by atoms with Crippen molar-refractivity contribution in [1.29, 1.82) is 0 Å². The highest BCUT2D eigenvalue weighted by Gasteiger charge is 2.21. The molecule has 0 unspecified atom stereocenters. The Bertz CT molecular complexity index is 943. The van der Waals surface area contributed by atoms with E-state index in [1.54, 1.807) is 13.0 Å². The van der Waals surface area contributed by atoms with Gasteiger partial charge in [-0.05, 0) is 19.9 Å². The third-order valence-electron chi connectivity index (χ3n) is 3.28. The van der Waals surface area contributed by atoms with Gasteiger partial charge in [-0.3, -0.25) is 14.9 Å². The van der Waals surface area contributed by atoms with E-state index < -0.39 is 22.5 Å². The van der Waals surface area contributed by atoms with Crippen molar-refractivity contribution in [3.8, 4) is 0 Å². The van der Waals surface area contributed by atoms with Crippen LogP contribution in [-0.2, 0) is 9.53 Å². The van der Waals surface area contributed by atoms with Gasteiger partial charge < -0.3 is 15.0 Å². The van der Waals surface area contributed by atoms with Gasteiger partial charge in [0.2, 0.25) is 5.91 Å². The zero-order valence-electron chi connectivity index (χ0n) is 14.5. The number of nitro groups is 1. The smallest absolute Gasteiger partial charge is 0.346 e. The number of ether oxygens (including phenoxy) is 1. The molecule has 1 aromatic carbocycles. The van der Waals surface area contributed by atoms with E-state index in [0.717, 1.165) is 11.8 Å². The summed E-state index contributed by atoms with van der Waals surface area (Å²) in [5, 5.41) is 13.5. The molecule has 0 aliphatic heterocycles. The van der Waals surface area contributed by atoms with E-state index in [1.807, 2.05) is 0 Å². The van der Waals surface area contributed by atoms with Crippen LogP contribution in [0.25, 0.3) is 0 Å². The first-order valence-electron chi connectivity index (χ1n) is 7.77. The van der Waals surface area contributed by atoms with Crippen LogP contribution in [0.2, 0.25) is 0 Å². The number of rotatable bonds is 7. The van der Waals surface area contributed by atoms with E-state index in [0.29, 0.717) is 0 Å². The van der Waals surface area contributed by atoms with Crippen LogP contribution in [-0.4, -0.2) is 39.1 Å². The van der Waals surface area contributed by atoms with Crippen molar-refractivity contribution in [3.63, 3.8) is 0 Å². The number of carbonyl (C=O) groups is 2. The molecule has 2 N–H and O–H groups in total. The van der Waals surface area contributed by atoms with Crippen LogP contribution in [0.3, 0.4) is 0 Å². The number of nitrogens with one attached hydrogen (secondary N) is 2. The van der Waals surface area contributed by atoms with E-state index in [1.165, 1.54) is 25.1 Å². The average molecular weight is 392 g/mol. The van der Waals surface area contributed by atoms with Crippen LogP contribution in [0.1, 0.15) is 23.0 Å². The molecule has 0 saturated carbocycles. The highest BCUT2D eigenvalue weighted by atomic mass is 32.2. The van der Waals surface area contributed by atoms with Gasteiger partial charge in [0.1, 0.15) is 16.3 Å². The molecular weight excluding hydrogens is 376 g/mol. The minimum atomic E-state index is -0.666. The lowest BCUT2D eigenvalue weighted by Crippen LogP contribution is -2.21. The molecule has 142 valence electrons. The summed E-state index contributed by atoms with van der Waals surface area (Å²) in [4.78, 5) is 52.3. The van der Waals surface area contributed by atoms with Crippen molar-refractivity contribution >= 4 is 35.0 Å². The fourth-order valence-electron chi connectivity index (χ4n) is 2.17. The molecule has 0 aliphatic carbocycles. The molecule has 27 heavy (non-hydrogen) atoms. The maximum absolute atomic E-state index is 12.2. The van der Waals surface area contributed by atoms with Crippen LogP contribution in [0, 0.1) is 17.0 Å². The van der Waals surface area contributed by atoms with Gasteiger partial charge in [-0.25, -0.2) is 9.59 Å². The molecule has 0 saturated heterocycles. The molecule has 0 radical (unpaired) electrons. The summed E-state index contributed by atoms with van der Waals surface area (Å²) in [6, 6.07) is 5.71. The van der Waals surface area contributed by atoms with E-state index in [2.05, 4.69) is 15.3 Å². The maximum atomic E-state index is 12.2. The lowest BCUT2D eigenvalue weighted by Gasteiger charge is -2.10. The van der Waals surface area contributed by atoms with Gasteiger partial charge in [0.05, 0.1) is 17.3 Å². The summed E-state index contributed by atoms with van der Waals surface area (Å²) in [5.74, 6) is -1.43. The molecule has 0 aliphatic rings. The quantitative estimate of drug-likeness (QED) is 0.239. The first kappa shape index (κ1) is 20.1. The van der Waals surface area contributed by atoms with Crippen LogP contribution in [0.15, 0.2) is 34.1 Å². The number of aromatic nitrogens is 2. The topological polar surface area (TPSA) is 144 Å². The summed E-state index contributed by atoms with van der Waals surface area (Å²) in [5.41, 5.74) is -0.515. The Morgan fingerprint density at radius 2 is 2.07 bits per heavy atom. The Morgan fingerprint density at radius 1 is 1.37 bits per heavy atom. The van der Waals surface area contributed by atoms with E-state index in [4.69, 9.17) is 4.74 Å². The van der Waals surface area contributed by atoms with Crippen molar-refractivity contribution in [2.45, 2.75) is 18.9 Å². The summed E-state index contributed by atoms with van der Waals surface area (Å²) < 4.78 is 4.94. The van der Waals surface area contributed by atoms with Crippen LogP contribution < -0.4 is 11.0 Å². The van der Waals surface area contributed by atoms with Gasteiger partial charge >= 0.3 is 11.7 Å². The third kappa shape index (κ3) is 5.14. The van der Waals surface area contributed by atoms with Gasteiger partial charge in [-0.2, -0.15) is 4.98 Å². The summed E-state index contributed by atoms with van der Waals surface area (Å²) in [6.45, 7) is 3.30. The van der Waals surface area contributed by atoms with Gasteiger partial charge in [0, 0.05) is 11.8 Å². The second-order valence-corrected chi connectivity index (χ2v) is 6.14. The SMILES string of the molecule is CCOC(=O)c1c(SCC(=O)Nc2ccccc2[N+](=O)[O-])nc(=O)[nH]c1C. The fourth-order valence-corrected chi connectivity index (χ4v) is 3.03. The Morgan fingerprint density at radius 3 is 2.74 bits per heavy atom. The molecule has 1 heterocycles. The van der Waals surface area contributed by atoms with E-state index in [9.17, 15) is 24.5 Å². The Balaban J connectivity index is 2.17. The predicted octanol–water partition coefficient (Wildman–Crippen LogP) is 1.89. The van der Waals surface area contributed by atoms with Gasteiger partial charge in [-0.15, -0.1) is 0 Å². The molecule has 0 bridgehead atoms. The van der Waals surface area contributed by atoms with Gasteiger partial charge in [0.15, 0.2) is 0 Å². The number of benzene rings is 1. The van der Waals surface area contributed by atoms with E-state index >= 15 is 0 Å². The van der Waals surface area contributed by atoms with Gasteiger partial charge in [-0.1, -0.05) is 23.9 Å². The van der Waals surface area contributed by atoms with E-state index in [-0.39, 0.29) is 40.0 Å². The molecule has 1 amide bonds. The predicted molar refractivity (Wildman–Crippen MR) is 98.0 cm³/mol. The normalized spacial score (nSPS) is 10.3. The number of nitro benzene ring substituents is 1. The Labute approximate surface area is 157 Å². The number of para-hydroxylation sites is 2. The summed E-state index contributed by atoms with van der Waals surface area (Å²) >= 11 is 0.857. The highest BCUT2D eigenvalue weighted by Crippen LogP contribution is 2.25. The lowest BCUT2D eigenvalue weighted by atomic mass is 10.2. The van der Waals surface area contributed by atoms with Crippen molar-refractivity contribution in [2.75, 3.05) is 17.7 Å². The lowest BCUT2D eigenvalue weighted by molar-refractivity contribution is -0.383. The van der Waals surface area contributed by atoms with Gasteiger partial charge in [0.25, 0.3) is 5.69 Å². The number of amides is 1. The van der Waals surface area contributed by atoms with Crippen LogP contribution in [0.5, 0.6) is 0 Å². The van der Waals surface area contributed by atoms with Crippen molar-refractivity contribution in [1.82, 2.24) is 9.97 Å². The number of carbonyl (C=O) groups excluding carboxylic acids is 2. The van der Waals surface area contributed by atoms with Crippen molar-refractivity contribution in [2.24, 2.45) is 0 Å². The van der Waals surface area contributed by atoms with Crippen LogP contribution >= 0.6 is 11.8 Å². The number of H-pyrrole nitrogens is 1. The molecular formula is C16H16N4O6S. The number of anilines is 1.